The number of pyridine rings is 1. The first-order valence-electron chi connectivity index (χ1n) is 18.5. The molecular weight excluding hydrogens is 781 g/mol. The maximum Gasteiger partial charge on any atom is 0.329 e. The van der Waals surface area contributed by atoms with Crippen molar-refractivity contribution in [3.8, 4) is 23.0 Å². The van der Waals surface area contributed by atoms with Gasteiger partial charge in [0, 0.05) is 47.9 Å². The summed E-state index contributed by atoms with van der Waals surface area (Å²) >= 11 is 0. The van der Waals surface area contributed by atoms with Crippen molar-refractivity contribution >= 4 is 67.3 Å². The normalized spacial score (nSPS) is 11.4. The fraction of sp³-hybridized carbons (Fsp3) is 0.286. The predicted octanol–water partition coefficient (Wildman–Crippen LogP) is 7.71. The molecule has 0 aliphatic rings. The summed E-state index contributed by atoms with van der Waals surface area (Å²) in [5.74, 6) is 0.631. The van der Waals surface area contributed by atoms with Crippen LogP contribution >= 0.6 is 0 Å². The number of aliphatic carboxylic acids is 1. The lowest BCUT2D eigenvalue weighted by molar-refractivity contribution is -0.142. The standard InChI is InChI=1S/C42H48N6O10S/c1-42(2,3)26-21-33(39(56-5)34(22-26)48-59(6,53)54)47-41(52)46-32-15-16-35(30-12-8-7-11-29(30)32)58-28-17-19-43-37(24-28)45-27-13-14-31(36(23-27)55-4)40(51)44-18-9-10-20-57-25-38(49)50/h7-8,11-17,19,21-24,48H,9-10,18,20,25H2,1-6H3,(H,43,45)(H,44,51)(H,49,50)(H2,46,47,52). The lowest BCUT2D eigenvalue weighted by Gasteiger charge is -2.24. The minimum absolute atomic E-state index is 0.157. The first-order chi connectivity index (χ1) is 28.0. The van der Waals surface area contributed by atoms with E-state index >= 15 is 0 Å². The number of aromatic nitrogens is 1. The van der Waals surface area contributed by atoms with Crippen LogP contribution in [0, 0.1) is 0 Å². The fourth-order valence-electron chi connectivity index (χ4n) is 5.96. The Morgan fingerprint density at radius 1 is 0.814 bits per heavy atom. The quantitative estimate of drug-likeness (QED) is 0.0469. The lowest BCUT2D eigenvalue weighted by atomic mass is 9.86. The van der Waals surface area contributed by atoms with E-state index in [-0.39, 0.29) is 41.7 Å². The molecule has 0 unspecified atom stereocenters. The number of hydrogen-bond acceptors (Lipinski definition) is 11. The van der Waals surface area contributed by atoms with Crippen LogP contribution in [-0.4, -0.2) is 76.6 Å². The molecule has 0 atom stereocenters. The predicted molar refractivity (Wildman–Crippen MR) is 227 cm³/mol. The second kappa shape index (κ2) is 19.2. The monoisotopic (exact) mass is 828 g/mol. The van der Waals surface area contributed by atoms with Gasteiger partial charge >= 0.3 is 12.0 Å². The first kappa shape index (κ1) is 43.5. The van der Waals surface area contributed by atoms with E-state index in [1.165, 1.54) is 14.2 Å². The molecule has 1 heterocycles. The van der Waals surface area contributed by atoms with Crippen molar-refractivity contribution in [2.75, 3.05) is 60.9 Å². The lowest BCUT2D eigenvalue weighted by Crippen LogP contribution is -2.25. The zero-order valence-corrected chi connectivity index (χ0v) is 34.4. The molecule has 17 heteroatoms. The van der Waals surface area contributed by atoms with Crippen LogP contribution in [0.25, 0.3) is 10.8 Å². The van der Waals surface area contributed by atoms with Crippen molar-refractivity contribution in [3.05, 3.63) is 96.2 Å². The van der Waals surface area contributed by atoms with Crippen LogP contribution < -0.4 is 40.2 Å². The van der Waals surface area contributed by atoms with E-state index in [4.69, 9.17) is 24.1 Å². The Morgan fingerprint density at radius 3 is 2.24 bits per heavy atom. The highest BCUT2D eigenvalue weighted by atomic mass is 32.2. The van der Waals surface area contributed by atoms with Crippen molar-refractivity contribution in [3.63, 3.8) is 0 Å². The van der Waals surface area contributed by atoms with E-state index in [1.54, 1.807) is 60.8 Å². The average Bonchev–Trinajstić information content (AvgIpc) is 3.17. The molecule has 0 bridgehead atoms. The number of carboxylic acid groups (broad SMARTS) is 1. The van der Waals surface area contributed by atoms with Crippen LogP contribution in [0.5, 0.6) is 23.0 Å². The largest absolute Gasteiger partial charge is 0.496 e. The first-order valence-corrected chi connectivity index (χ1v) is 20.4. The third kappa shape index (κ3) is 12.2. The Labute approximate surface area is 342 Å². The molecule has 59 heavy (non-hydrogen) atoms. The Morgan fingerprint density at radius 2 is 1.54 bits per heavy atom. The molecule has 0 aliphatic carbocycles. The van der Waals surface area contributed by atoms with Gasteiger partial charge < -0.3 is 45.3 Å². The molecular formula is C42H48N6O10S. The fourth-order valence-corrected chi connectivity index (χ4v) is 6.51. The Balaban J connectivity index is 1.28. The number of hydrogen-bond donors (Lipinski definition) is 6. The van der Waals surface area contributed by atoms with Crippen LogP contribution in [-0.2, 0) is 25.0 Å². The summed E-state index contributed by atoms with van der Waals surface area (Å²) in [6.07, 6.45) is 3.85. The van der Waals surface area contributed by atoms with Gasteiger partial charge in [-0.05, 0) is 66.3 Å². The zero-order chi connectivity index (χ0) is 42.7. The number of carboxylic acids is 1. The number of benzene rings is 4. The van der Waals surface area contributed by atoms with Crippen LogP contribution in [0.1, 0.15) is 49.5 Å². The summed E-state index contributed by atoms with van der Waals surface area (Å²) in [7, 11) is -0.787. The van der Waals surface area contributed by atoms with Crippen LogP contribution in [0.15, 0.2) is 85.1 Å². The third-order valence-corrected chi connectivity index (χ3v) is 9.33. The number of rotatable bonds is 18. The van der Waals surface area contributed by atoms with Crippen molar-refractivity contribution in [2.24, 2.45) is 0 Å². The van der Waals surface area contributed by atoms with Crippen molar-refractivity contribution in [1.29, 1.82) is 0 Å². The highest BCUT2D eigenvalue weighted by molar-refractivity contribution is 7.92. The number of anilines is 5. The summed E-state index contributed by atoms with van der Waals surface area (Å²) < 4.78 is 49.2. The molecule has 0 spiro atoms. The van der Waals surface area contributed by atoms with Gasteiger partial charge in [0.25, 0.3) is 5.91 Å². The zero-order valence-electron chi connectivity index (χ0n) is 33.6. The van der Waals surface area contributed by atoms with Gasteiger partial charge in [0.05, 0.1) is 43.1 Å². The molecule has 4 aromatic carbocycles. The van der Waals surface area contributed by atoms with Crippen molar-refractivity contribution in [1.82, 2.24) is 10.3 Å². The molecule has 0 aliphatic heterocycles. The molecule has 0 radical (unpaired) electrons. The highest BCUT2D eigenvalue weighted by Crippen LogP contribution is 2.40. The topological polar surface area (TPSA) is 216 Å². The Hall–Kier alpha value is -6.59. The number of carbonyl (C=O) groups excluding carboxylic acids is 2. The molecule has 16 nitrogen and oxygen atoms in total. The molecule has 3 amide bonds. The number of amides is 3. The van der Waals surface area contributed by atoms with Gasteiger partial charge in [-0.1, -0.05) is 45.0 Å². The molecule has 6 N–H and O–H groups in total. The van der Waals surface area contributed by atoms with Gasteiger partial charge in [-0.2, -0.15) is 0 Å². The van der Waals surface area contributed by atoms with E-state index in [2.05, 4.69) is 31.0 Å². The van der Waals surface area contributed by atoms with Crippen molar-refractivity contribution < 1.29 is 46.9 Å². The van der Waals surface area contributed by atoms with Gasteiger partial charge in [-0.3, -0.25) is 9.52 Å². The number of fused-ring (bicyclic) bond motifs is 1. The Kier molecular flexibility index (Phi) is 14.2. The summed E-state index contributed by atoms with van der Waals surface area (Å²) in [6.45, 7) is 6.24. The molecule has 0 saturated carbocycles. The minimum Gasteiger partial charge on any atom is -0.496 e. The molecule has 0 saturated heterocycles. The second-order valence-corrected chi connectivity index (χ2v) is 16.1. The van der Waals surface area contributed by atoms with E-state index in [0.717, 1.165) is 11.8 Å². The molecule has 0 fully saturated rings. The molecule has 312 valence electrons. The minimum atomic E-state index is -3.65. The number of ether oxygens (including phenoxy) is 4. The van der Waals surface area contributed by atoms with Crippen molar-refractivity contribution in [2.45, 2.75) is 39.0 Å². The molecule has 5 aromatic rings. The summed E-state index contributed by atoms with van der Waals surface area (Å²) in [6, 6.07) is 22.2. The molecule has 5 rings (SSSR count). The summed E-state index contributed by atoms with van der Waals surface area (Å²) in [5.41, 5.74) is 2.32. The maximum absolute atomic E-state index is 13.5. The Bertz CT molecular complexity index is 2440. The third-order valence-electron chi connectivity index (χ3n) is 8.74. The van der Waals surface area contributed by atoms with Gasteiger partial charge in [-0.25, -0.2) is 23.0 Å². The number of sulfonamides is 1. The summed E-state index contributed by atoms with van der Waals surface area (Å²) in [4.78, 5) is 41.3. The van der Waals surface area contributed by atoms with Crippen LogP contribution in [0.3, 0.4) is 0 Å². The van der Waals surface area contributed by atoms with E-state index in [1.807, 2.05) is 45.0 Å². The van der Waals surface area contributed by atoms with Gasteiger partial charge in [0.2, 0.25) is 10.0 Å². The SMILES string of the molecule is COc1cc(Nc2cc(Oc3ccc(NC(=O)Nc4cc(C(C)(C)C)cc(NS(C)(=O)=O)c4OC)c4ccccc34)ccn2)ccc1C(=O)NCCCCOCC(=O)O. The van der Waals surface area contributed by atoms with Gasteiger partial charge in [-0.15, -0.1) is 0 Å². The smallest absolute Gasteiger partial charge is 0.329 e. The highest BCUT2D eigenvalue weighted by Gasteiger charge is 2.23. The number of urea groups is 1. The van der Waals surface area contributed by atoms with Crippen LogP contribution in [0.4, 0.5) is 33.4 Å². The number of nitrogens with zero attached hydrogens (tertiary/aromatic N) is 1. The maximum atomic E-state index is 13.5. The second-order valence-electron chi connectivity index (χ2n) is 14.4. The van der Waals surface area contributed by atoms with E-state index < -0.39 is 22.0 Å². The van der Waals surface area contributed by atoms with Gasteiger partial charge in [0.1, 0.15) is 29.7 Å². The van der Waals surface area contributed by atoms with Crippen LogP contribution in [0.2, 0.25) is 0 Å². The number of unbranched alkanes of at least 4 members (excludes halogenated alkanes) is 1. The summed E-state index contributed by atoms with van der Waals surface area (Å²) in [5, 5.41) is 21.8. The van der Waals surface area contributed by atoms with Gasteiger partial charge in [0.15, 0.2) is 5.75 Å². The number of nitrogens with one attached hydrogen (secondary N) is 5. The molecule has 1 aromatic heterocycles. The number of methoxy groups -OCH3 is 2. The van der Waals surface area contributed by atoms with E-state index in [9.17, 15) is 22.8 Å². The number of carbonyl (C=O) groups is 3. The van der Waals surface area contributed by atoms with E-state index in [0.29, 0.717) is 70.2 Å². The average molecular weight is 829 g/mol.